The van der Waals surface area contributed by atoms with Gasteiger partial charge in [0.05, 0.1) is 16.7 Å². The molecule has 1 N–H and O–H groups in total. The van der Waals surface area contributed by atoms with Gasteiger partial charge < -0.3 is 10.1 Å². The Morgan fingerprint density at radius 2 is 2.17 bits per heavy atom. The van der Waals surface area contributed by atoms with Crippen LogP contribution in [0.3, 0.4) is 0 Å². The second kappa shape index (κ2) is 8.69. The molecule has 1 amide bonds. The van der Waals surface area contributed by atoms with E-state index >= 15 is 0 Å². The van der Waals surface area contributed by atoms with E-state index in [-0.39, 0.29) is 17.2 Å². The van der Waals surface area contributed by atoms with Crippen LogP contribution in [0.1, 0.15) is 13.3 Å². The molecule has 0 radical (unpaired) electrons. The number of amides is 1. The Morgan fingerprint density at radius 1 is 1.39 bits per heavy atom. The average Bonchev–Trinajstić information content (AvgIpc) is 2.58. The second-order valence-electron chi connectivity index (χ2n) is 4.88. The summed E-state index contributed by atoms with van der Waals surface area (Å²) in [6.45, 7) is 3.71. The Balaban J connectivity index is 2.32. The molecule has 0 aliphatic rings. The summed E-state index contributed by atoms with van der Waals surface area (Å²) in [5, 5.41) is 3.73. The molecule has 1 aromatic heterocycles. The van der Waals surface area contributed by atoms with Crippen LogP contribution in [-0.2, 0) is 16.1 Å². The van der Waals surface area contributed by atoms with E-state index in [9.17, 15) is 9.59 Å². The first kappa shape index (κ1) is 17.5. The largest absolute Gasteiger partial charge is 0.382 e. The van der Waals surface area contributed by atoms with Crippen LogP contribution < -0.4 is 10.9 Å². The molecule has 0 spiro atoms. The van der Waals surface area contributed by atoms with Gasteiger partial charge in [0.2, 0.25) is 5.91 Å². The maximum Gasteiger partial charge on any atom is 0.262 e. The summed E-state index contributed by atoms with van der Waals surface area (Å²) in [5.41, 5.74) is 0.574. The number of rotatable bonds is 8. The summed E-state index contributed by atoms with van der Waals surface area (Å²) in [7, 11) is 1.59. The number of carbonyl (C=O) groups excluding carboxylic acids is 1. The van der Waals surface area contributed by atoms with Gasteiger partial charge in [-0.15, -0.1) is 0 Å². The van der Waals surface area contributed by atoms with Crippen molar-refractivity contribution >= 4 is 28.6 Å². The number of para-hydroxylation sites is 1. The zero-order valence-corrected chi connectivity index (χ0v) is 14.2. The predicted molar refractivity (Wildman–Crippen MR) is 91.9 cm³/mol. The molecule has 6 nitrogen and oxygen atoms in total. The van der Waals surface area contributed by atoms with Gasteiger partial charge in [-0.2, -0.15) is 0 Å². The predicted octanol–water partition coefficient (Wildman–Crippen LogP) is 1.66. The van der Waals surface area contributed by atoms with Gasteiger partial charge in [0, 0.05) is 26.8 Å². The number of hydrogen-bond acceptors (Lipinski definition) is 5. The molecule has 2 aromatic rings. The van der Waals surface area contributed by atoms with Crippen molar-refractivity contribution in [1.29, 1.82) is 0 Å². The molecule has 2 rings (SSSR count). The number of thioether (sulfide) groups is 1. The Bertz CT molecular complexity index is 730. The standard InChI is InChI=1S/C16H21N3O3S/c1-3-22-10-6-9-19-15(21)12-7-4-5-8-13(12)18-16(19)23-11-14(20)17-2/h4-5,7-8H,3,6,9-11H2,1-2H3,(H,17,20). The minimum Gasteiger partial charge on any atom is -0.382 e. The van der Waals surface area contributed by atoms with E-state index in [0.717, 1.165) is 6.42 Å². The summed E-state index contributed by atoms with van der Waals surface area (Å²) < 4.78 is 6.97. The number of benzene rings is 1. The molecule has 0 bridgehead atoms. The van der Waals surface area contributed by atoms with Crippen LogP contribution in [0.5, 0.6) is 0 Å². The van der Waals surface area contributed by atoms with Crippen LogP contribution >= 0.6 is 11.8 Å². The van der Waals surface area contributed by atoms with Crippen LogP contribution in [0, 0.1) is 0 Å². The molecule has 0 unspecified atom stereocenters. The van der Waals surface area contributed by atoms with Crippen LogP contribution in [0.2, 0.25) is 0 Å². The maximum atomic E-state index is 12.7. The van der Waals surface area contributed by atoms with Gasteiger partial charge in [0.25, 0.3) is 5.56 Å². The first-order valence-corrected chi connectivity index (χ1v) is 8.56. The van der Waals surface area contributed by atoms with Gasteiger partial charge in [-0.05, 0) is 25.5 Å². The third-order valence-electron chi connectivity index (χ3n) is 3.31. The minimum absolute atomic E-state index is 0.0773. The van der Waals surface area contributed by atoms with Crippen molar-refractivity contribution in [3.8, 4) is 0 Å². The molecular formula is C16H21N3O3S. The van der Waals surface area contributed by atoms with Crippen molar-refractivity contribution in [1.82, 2.24) is 14.9 Å². The number of nitrogens with zero attached hydrogens (tertiary/aromatic N) is 2. The lowest BCUT2D eigenvalue weighted by molar-refractivity contribution is -0.118. The summed E-state index contributed by atoms with van der Waals surface area (Å²) in [6, 6.07) is 7.26. The van der Waals surface area contributed by atoms with Gasteiger partial charge in [-0.25, -0.2) is 4.98 Å². The number of hydrogen-bond donors (Lipinski definition) is 1. The van der Waals surface area contributed by atoms with E-state index in [1.165, 1.54) is 11.8 Å². The highest BCUT2D eigenvalue weighted by Crippen LogP contribution is 2.17. The van der Waals surface area contributed by atoms with Crippen molar-refractivity contribution < 1.29 is 9.53 Å². The molecule has 124 valence electrons. The van der Waals surface area contributed by atoms with Crippen molar-refractivity contribution in [2.45, 2.75) is 25.0 Å². The summed E-state index contributed by atoms with van der Waals surface area (Å²) in [5.74, 6) is 0.130. The smallest absolute Gasteiger partial charge is 0.262 e. The fourth-order valence-corrected chi connectivity index (χ4v) is 3.02. The van der Waals surface area contributed by atoms with Crippen molar-refractivity contribution in [3.63, 3.8) is 0 Å². The Hall–Kier alpha value is -1.86. The molecule has 0 atom stereocenters. The number of carbonyl (C=O) groups is 1. The number of nitrogens with one attached hydrogen (secondary N) is 1. The molecule has 7 heteroatoms. The lowest BCUT2D eigenvalue weighted by atomic mass is 10.2. The molecule has 1 heterocycles. The maximum absolute atomic E-state index is 12.7. The van der Waals surface area contributed by atoms with E-state index in [1.54, 1.807) is 17.7 Å². The molecule has 1 aromatic carbocycles. The van der Waals surface area contributed by atoms with Gasteiger partial charge in [-0.1, -0.05) is 23.9 Å². The molecule has 0 saturated heterocycles. The zero-order chi connectivity index (χ0) is 16.7. The SMILES string of the molecule is CCOCCCn1c(SCC(=O)NC)nc2ccccc2c1=O. The van der Waals surface area contributed by atoms with Gasteiger partial charge in [0.1, 0.15) is 0 Å². The fourth-order valence-electron chi connectivity index (χ4n) is 2.13. The fraction of sp³-hybridized carbons (Fsp3) is 0.438. The van der Waals surface area contributed by atoms with Gasteiger partial charge in [0.15, 0.2) is 5.16 Å². The quantitative estimate of drug-likeness (QED) is 0.451. The number of aromatic nitrogens is 2. The highest BCUT2D eigenvalue weighted by molar-refractivity contribution is 7.99. The Kier molecular flexibility index (Phi) is 6.61. The zero-order valence-electron chi connectivity index (χ0n) is 13.4. The Labute approximate surface area is 139 Å². The molecule has 0 fully saturated rings. The summed E-state index contributed by atoms with van der Waals surface area (Å²) >= 11 is 1.27. The van der Waals surface area contributed by atoms with Crippen molar-refractivity contribution in [2.75, 3.05) is 26.0 Å². The second-order valence-corrected chi connectivity index (χ2v) is 5.82. The lowest BCUT2D eigenvalue weighted by Crippen LogP contribution is -2.25. The molecule has 0 saturated carbocycles. The van der Waals surface area contributed by atoms with Gasteiger partial charge in [-0.3, -0.25) is 14.2 Å². The molecule has 23 heavy (non-hydrogen) atoms. The molecule has 0 aliphatic carbocycles. The monoisotopic (exact) mass is 335 g/mol. The van der Waals surface area contributed by atoms with Crippen LogP contribution in [-0.4, -0.2) is 41.5 Å². The number of ether oxygens (including phenoxy) is 1. The van der Waals surface area contributed by atoms with E-state index in [2.05, 4.69) is 10.3 Å². The molecule has 0 aliphatic heterocycles. The van der Waals surface area contributed by atoms with Crippen LogP contribution in [0.25, 0.3) is 10.9 Å². The average molecular weight is 335 g/mol. The van der Waals surface area contributed by atoms with Gasteiger partial charge >= 0.3 is 0 Å². The first-order chi connectivity index (χ1) is 11.2. The number of fused-ring (bicyclic) bond motifs is 1. The van der Waals surface area contributed by atoms with E-state index < -0.39 is 0 Å². The third kappa shape index (κ3) is 4.56. The molecular weight excluding hydrogens is 314 g/mol. The lowest BCUT2D eigenvalue weighted by Gasteiger charge is -2.12. The summed E-state index contributed by atoms with van der Waals surface area (Å²) in [6.07, 6.45) is 0.724. The third-order valence-corrected chi connectivity index (χ3v) is 4.29. The van der Waals surface area contributed by atoms with Crippen molar-refractivity contribution in [2.24, 2.45) is 0 Å². The van der Waals surface area contributed by atoms with Crippen LogP contribution in [0.4, 0.5) is 0 Å². The highest BCUT2D eigenvalue weighted by Gasteiger charge is 2.12. The topological polar surface area (TPSA) is 73.2 Å². The highest BCUT2D eigenvalue weighted by atomic mass is 32.2. The van der Waals surface area contributed by atoms with E-state index in [4.69, 9.17) is 4.74 Å². The van der Waals surface area contributed by atoms with Crippen LogP contribution in [0.15, 0.2) is 34.2 Å². The Morgan fingerprint density at radius 3 is 2.91 bits per heavy atom. The van der Waals surface area contributed by atoms with E-state index in [1.807, 2.05) is 25.1 Å². The van der Waals surface area contributed by atoms with Crippen molar-refractivity contribution in [3.05, 3.63) is 34.6 Å². The minimum atomic E-state index is -0.0988. The van der Waals surface area contributed by atoms with E-state index in [0.29, 0.717) is 35.8 Å². The normalized spacial score (nSPS) is 10.9. The first-order valence-electron chi connectivity index (χ1n) is 7.58. The summed E-state index contributed by atoms with van der Waals surface area (Å²) in [4.78, 5) is 28.7.